The first kappa shape index (κ1) is 9.76. The summed E-state index contributed by atoms with van der Waals surface area (Å²) in [5.74, 6) is 0.673. The molecule has 0 aliphatic rings. The Kier molecular flexibility index (Phi) is 2.03. The van der Waals surface area contributed by atoms with E-state index < -0.39 is 0 Å². The Morgan fingerprint density at radius 2 is 1.93 bits per heavy atom. The van der Waals surface area contributed by atoms with Gasteiger partial charge in [0.1, 0.15) is 5.76 Å². The third-order valence-corrected chi connectivity index (χ3v) is 2.51. The number of aromatic amines is 1. The number of hydrogen-bond acceptors (Lipinski definition) is 3. The lowest BCUT2D eigenvalue weighted by Gasteiger charge is -1.94. The van der Waals surface area contributed by atoms with Crippen LogP contribution in [0.15, 0.2) is 9.32 Å². The van der Waals surface area contributed by atoms with Gasteiger partial charge in [0.25, 0.3) is 5.56 Å². The standard InChI is InChI=1S/C10H13N3O2/c1-5-9(10(14)13(4)11-5)8-6(2)12-15-7(8)3/h11H,1-4H3. The maximum atomic E-state index is 11.9. The molecule has 0 unspecified atom stereocenters. The second-order valence-electron chi connectivity index (χ2n) is 3.68. The molecule has 2 heterocycles. The molecule has 15 heavy (non-hydrogen) atoms. The van der Waals surface area contributed by atoms with Crippen LogP contribution >= 0.6 is 0 Å². The van der Waals surface area contributed by atoms with Crippen LogP contribution in [-0.4, -0.2) is 14.9 Å². The molecular weight excluding hydrogens is 194 g/mol. The molecule has 0 bridgehead atoms. The lowest BCUT2D eigenvalue weighted by molar-refractivity contribution is 0.393. The molecular formula is C10H13N3O2. The number of nitrogens with zero attached hydrogens (tertiary/aromatic N) is 2. The van der Waals surface area contributed by atoms with Crippen molar-refractivity contribution in [3.05, 3.63) is 27.5 Å². The molecule has 80 valence electrons. The Balaban J connectivity index is 2.80. The van der Waals surface area contributed by atoms with Crippen LogP contribution in [-0.2, 0) is 7.05 Å². The van der Waals surface area contributed by atoms with Crippen molar-refractivity contribution in [3.8, 4) is 11.1 Å². The number of rotatable bonds is 1. The highest BCUT2D eigenvalue weighted by Gasteiger charge is 2.19. The van der Waals surface area contributed by atoms with E-state index in [9.17, 15) is 4.79 Å². The van der Waals surface area contributed by atoms with Crippen LogP contribution < -0.4 is 5.56 Å². The van der Waals surface area contributed by atoms with E-state index in [0.29, 0.717) is 11.3 Å². The Morgan fingerprint density at radius 1 is 1.27 bits per heavy atom. The van der Waals surface area contributed by atoms with Crippen LogP contribution in [0, 0.1) is 20.8 Å². The summed E-state index contributed by atoms with van der Waals surface area (Å²) in [6.45, 7) is 5.50. The number of aryl methyl sites for hydroxylation is 4. The van der Waals surface area contributed by atoms with Gasteiger partial charge in [-0.2, -0.15) is 0 Å². The highest BCUT2D eigenvalue weighted by molar-refractivity contribution is 5.68. The quantitative estimate of drug-likeness (QED) is 0.766. The van der Waals surface area contributed by atoms with Crippen LogP contribution in [0.1, 0.15) is 17.1 Å². The Bertz CT molecular complexity index is 540. The average molecular weight is 207 g/mol. The van der Waals surface area contributed by atoms with Crippen LogP contribution in [0.25, 0.3) is 11.1 Å². The van der Waals surface area contributed by atoms with Gasteiger partial charge < -0.3 is 4.52 Å². The fourth-order valence-electron chi connectivity index (χ4n) is 1.82. The highest BCUT2D eigenvalue weighted by Crippen LogP contribution is 2.25. The average Bonchev–Trinajstić information content (AvgIpc) is 2.59. The van der Waals surface area contributed by atoms with Crippen molar-refractivity contribution >= 4 is 0 Å². The molecule has 0 aliphatic carbocycles. The molecule has 0 radical (unpaired) electrons. The summed E-state index contributed by atoms with van der Waals surface area (Å²) in [6.07, 6.45) is 0. The first-order valence-corrected chi connectivity index (χ1v) is 4.71. The number of hydrogen-bond donors (Lipinski definition) is 1. The fraction of sp³-hybridized carbons (Fsp3) is 0.400. The molecule has 2 aromatic rings. The first-order chi connectivity index (χ1) is 7.02. The zero-order valence-corrected chi connectivity index (χ0v) is 9.21. The van der Waals surface area contributed by atoms with Gasteiger partial charge in [-0.15, -0.1) is 0 Å². The normalized spacial score (nSPS) is 10.9. The highest BCUT2D eigenvalue weighted by atomic mass is 16.5. The van der Waals surface area contributed by atoms with Gasteiger partial charge >= 0.3 is 0 Å². The molecule has 1 N–H and O–H groups in total. The zero-order chi connectivity index (χ0) is 11.2. The number of H-pyrrole nitrogens is 1. The van der Waals surface area contributed by atoms with E-state index in [0.717, 1.165) is 17.0 Å². The largest absolute Gasteiger partial charge is 0.361 e. The van der Waals surface area contributed by atoms with E-state index in [2.05, 4.69) is 10.3 Å². The van der Waals surface area contributed by atoms with E-state index >= 15 is 0 Å². The molecule has 0 saturated carbocycles. The molecule has 5 nitrogen and oxygen atoms in total. The Morgan fingerprint density at radius 3 is 2.33 bits per heavy atom. The summed E-state index contributed by atoms with van der Waals surface area (Å²) in [4.78, 5) is 11.9. The van der Waals surface area contributed by atoms with E-state index in [-0.39, 0.29) is 5.56 Å². The van der Waals surface area contributed by atoms with Crippen molar-refractivity contribution in [2.75, 3.05) is 0 Å². The zero-order valence-electron chi connectivity index (χ0n) is 9.21. The molecule has 2 aromatic heterocycles. The maximum absolute atomic E-state index is 11.9. The third-order valence-electron chi connectivity index (χ3n) is 2.51. The second-order valence-corrected chi connectivity index (χ2v) is 3.68. The topological polar surface area (TPSA) is 63.8 Å². The summed E-state index contributed by atoms with van der Waals surface area (Å²) in [7, 11) is 1.69. The predicted octanol–water partition coefficient (Wildman–Crippen LogP) is 1.29. The SMILES string of the molecule is Cc1noc(C)c1-c1c(C)[nH]n(C)c1=O. The molecule has 0 saturated heterocycles. The van der Waals surface area contributed by atoms with Gasteiger partial charge in [0.15, 0.2) is 0 Å². The van der Waals surface area contributed by atoms with Crippen molar-refractivity contribution in [3.63, 3.8) is 0 Å². The van der Waals surface area contributed by atoms with Gasteiger partial charge in [-0.25, -0.2) is 0 Å². The second kappa shape index (κ2) is 3.12. The summed E-state index contributed by atoms with van der Waals surface area (Å²) < 4.78 is 6.51. The van der Waals surface area contributed by atoms with Crippen molar-refractivity contribution < 1.29 is 4.52 Å². The van der Waals surface area contributed by atoms with E-state index in [1.165, 1.54) is 4.68 Å². The van der Waals surface area contributed by atoms with Crippen LogP contribution in [0.4, 0.5) is 0 Å². The molecule has 0 amide bonds. The summed E-state index contributed by atoms with van der Waals surface area (Å²) in [6, 6.07) is 0. The maximum Gasteiger partial charge on any atom is 0.274 e. The van der Waals surface area contributed by atoms with Gasteiger partial charge in [-0.1, -0.05) is 5.16 Å². The first-order valence-electron chi connectivity index (χ1n) is 4.71. The minimum absolute atomic E-state index is 0.0538. The third kappa shape index (κ3) is 1.31. The minimum Gasteiger partial charge on any atom is -0.361 e. The van der Waals surface area contributed by atoms with Crippen LogP contribution in [0.5, 0.6) is 0 Å². The smallest absolute Gasteiger partial charge is 0.274 e. The Hall–Kier alpha value is -1.78. The fourth-order valence-corrected chi connectivity index (χ4v) is 1.82. The molecule has 0 spiro atoms. The van der Waals surface area contributed by atoms with Crippen molar-refractivity contribution in [1.82, 2.24) is 14.9 Å². The summed E-state index contributed by atoms with van der Waals surface area (Å²) >= 11 is 0. The summed E-state index contributed by atoms with van der Waals surface area (Å²) in [5.41, 5.74) is 2.97. The molecule has 0 aliphatic heterocycles. The molecule has 5 heteroatoms. The molecule has 2 rings (SSSR count). The summed E-state index contributed by atoms with van der Waals surface area (Å²) in [5, 5.41) is 6.80. The predicted molar refractivity (Wildman–Crippen MR) is 55.7 cm³/mol. The van der Waals surface area contributed by atoms with Gasteiger partial charge in [0.2, 0.25) is 0 Å². The lowest BCUT2D eigenvalue weighted by Crippen LogP contribution is -2.13. The van der Waals surface area contributed by atoms with Crippen molar-refractivity contribution in [1.29, 1.82) is 0 Å². The molecule has 0 aromatic carbocycles. The lowest BCUT2D eigenvalue weighted by atomic mass is 10.1. The van der Waals surface area contributed by atoms with E-state index in [1.807, 2.05) is 13.8 Å². The molecule has 0 fully saturated rings. The minimum atomic E-state index is -0.0538. The van der Waals surface area contributed by atoms with Gasteiger partial charge in [0.05, 0.1) is 16.8 Å². The van der Waals surface area contributed by atoms with Crippen molar-refractivity contribution in [2.45, 2.75) is 20.8 Å². The monoisotopic (exact) mass is 207 g/mol. The van der Waals surface area contributed by atoms with E-state index in [4.69, 9.17) is 4.52 Å². The van der Waals surface area contributed by atoms with Gasteiger partial charge in [-0.3, -0.25) is 14.6 Å². The number of aromatic nitrogens is 3. The van der Waals surface area contributed by atoms with Crippen LogP contribution in [0.2, 0.25) is 0 Å². The van der Waals surface area contributed by atoms with Gasteiger partial charge in [0, 0.05) is 12.7 Å². The van der Waals surface area contributed by atoms with Crippen molar-refractivity contribution in [2.24, 2.45) is 7.05 Å². The van der Waals surface area contributed by atoms with Crippen LogP contribution in [0.3, 0.4) is 0 Å². The molecule has 0 atom stereocenters. The van der Waals surface area contributed by atoms with Gasteiger partial charge in [-0.05, 0) is 20.8 Å². The number of nitrogens with one attached hydrogen (secondary N) is 1. The van der Waals surface area contributed by atoms with E-state index in [1.54, 1.807) is 14.0 Å². The Labute approximate surface area is 86.7 Å².